The molecule has 21 heavy (non-hydrogen) atoms. The summed E-state index contributed by atoms with van der Waals surface area (Å²) >= 11 is 0. The molecule has 0 unspecified atom stereocenters. The van der Waals surface area contributed by atoms with Crippen LogP contribution in [0.4, 0.5) is 0 Å². The van der Waals surface area contributed by atoms with Gasteiger partial charge in [-0.1, -0.05) is 24.3 Å². The fourth-order valence-electron chi connectivity index (χ4n) is 2.26. The molecule has 1 N–H and O–H groups in total. The highest BCUT2D eigenvalue weighted by Gasteiger charge is 2.14. The van der Waals surface area contributed by atoms with Crippen LogP contribution in [0.2, 0.25) is 0 Å². The van der Waals surface area contributed by atoms with Gasteiger partial charge in [0.15, 0.2) is 0 Å². The van der Waals surface area contributed by atoms with Gasteiger partial charge < -0.3 is 5.11 Å². The van der Waals surface area contributed by atoms with Crippen molar-refractivity contribution in [1.29, 1.82) is 0 Å². The lowest BCUT2D eigenvalue weighted by molar-refractivity contribution is 0.481. The molecule has 5 nitrogen and oxygen atoms in total. The predicted octanol–water partition coefficient (Wildman–Crippen LogP) is 2.61. The zero-order valence-electron chi connectivity index (χ0n) is 11.4. The summed E-state index contributed by atoms with van der Waals surface area (Å²) < 4.78 is 24.6. The topological polar surface area (TPSA) is 72.2 Å². The summed E-state index contributed by atoms with van der Waals surface area (Å²) in [6, 6.07) is 10.8. The monoisotopic (exact) mass is 302 g/mol. The zero-order valence-corrected chi connectivity index (χ0v) is 12.2. The third kappa shape index (κ3) is 2.27. The number of aromatic hydroxyl groups is 1. The quantitative estimate of drug-likeness (QED) is 0.807. The molecular formula is C15H14N2O3S. The second-order valence-corrected chi connectivity index (χ2v) is 6.80. The van der Waals surface area contributed by atoms with Gasteiger partial charge in [-0.15, -0.1) is 0 Å². The van der Waals surface area contributed by atoms with Crippen molar-refractivity contribution in [3.63, 3.8) is 0 Å². The Labute approximate surface area is 122 Å². The molecule has 3 aromatic rings. The van der Waals surface area contributed by atoms with Gasteiger partial charge in [-0.2, -0.15) is 9.19 Å². The third-order valence-corrected chi connectivity index (χ3v) is 4.92. The van der Waals surface area contributed by atoms with Crippen LogP contribution in [0.15, 0.2) is 48.8 Å². The van der Waals surface area contributed by atoms with Crippen LogP contribution >= 0.6 is 0 Å². The highest BCUT2D eigenvalue weighted by Crippen LogP contribution is 2.33. The number of rotatable bonds is 3. The summed E-state index contributed by atoms with van der Waals surface area (Å²) in [6.07, 6.45) is 3.02. The summed E-state index contributed by atoms with van der Waals surface area (Å²) in [5, 5.41) is 15.4. The summed E-state index contributed by atoms with van der Waals surface area (Å²) in [5.74, 6) is 0.188. The Morgan fingerprint density at radius 2 is 1.86 bits per heavy atom. The molecule has 0 bridgehead atoms. The van der Waals surface area contributed by atoms with E-state index >= 15 is 0 Å². The second-order valence-electron chi connectivity index (χ2n) is 4.68. The predicted molar refractivity (Wildman–Crippen MR) is 81.7 cm³/mol. The van der Waals surface area contributed by atoms with Gasteiger partial charge in [0.1, 0.15) is 5.75 Å². The molecule has 0 aliphatic rings. The second kappa shape index (κ2) is 4.89. The maximum Gasteiger partial charge on any atom is 0.253 e. The Balaban J connectivity index is 2.21. The molecule has 6 heteroatoms. The normalized spacial score (nSPS) is 11.9. The van der Waals surface area contributed by atoms with Crippen molar-refractivity contribution in [3.8, 4) is 16.9 Å². The van der Waals surface area contributed by atoms with Crippen molar-refractivity contribution in [3.05, 3.63) is 48.8 Å². The van der Waals surface area contributed by atoms with E-state index in [1.807, 2.05) is 24.3 Å². The standard InChI is InChI=1S/C15H14N2O3S/c1-2-21(19,20)17-10-11(9-16-17)12-7-8-15(18)14-6-4-3-5-13(12)14/h3-10,18H,2H2,1H3. The highest BCUT2D eigenvalue weighted by atomic mass is 32.2. The van der Waals surface area contributed by atoms with Crippen LogP contribution < -0.4 is 0 Å². The van der Waals surface area contributed by atoms with Crippen molar-refractivity contribution in [1.82, 2.24) is 9.19 Å². The SMILES string of the molecule is CCS(=O)(=O)n1cc(-c2ccc(O)c3ccccc23)cn1. The molecule has 0 aliphatic heterocycles. The first-order valence-corrected chi connectivity index (χ1v) is 8.13. The molecule has 0 amide bonds. The first-order valence-electron chi connectivity index (χ1n) is 6.52. The van der Waals surface area contributed by atoms with E-state index < -0.39 is 10.0 Å². The van der Waals surface area contributed by atoms with Gasteiger partial charge in [-0.3, -0.25) is 0 Å². The average Bonchev–Trinajstić information content (AvgIpc) is 2.98. The van der Waals surface area contributed by atoms with Crippen LogP contribution in [0.5, 0.6) is 5.75 Å². The van der Waals surface area contributed by atoms with Gasteiger partial charge in [-0.05, 0) is 30.0 Å². The van der Waals surface area contributed by atoms with Gasteiger partial charge in [0, 0.05) is 10.9 Å². The zero-order chi connectivity index (χ0) is 15.0. The third-order valence-electron chi connectivity index (χ3n) is 3.42. The van der Waals surface area contributed by atoms with Gasteiger partial charge in [-0.25, -0.2) is 8.42 Å². The fraction of sp³-hybridized carbons (Fsp3) is 0.133. The Morgan fingerprint density at radius 3 is 2.57 bits per heavy atom. The van der Waals surface area contributed by atoms with Crippen molar-refractivity contribution >= 4 is 20.8 Å². The van der Waals surface area contributed by atoms with Crippen molar-refractivity contribution in [2.24, 2.45) is 0 Å². The molecule has 0 spiro atoms. The van der Waals surface area contributed by atoms with Crippen molar-refractivity contribution < 1.29 is 13.5 Å². The Hall–Kier alpha value is -2.34. The molecule has 0 fully saturated rings. The minimum atomic E-state index is -3.39. The lowest BCUT2D eigenvalue weighted by Gasteiger charge is -2.06. The Kier molecular flexibility index (Phi) is 3.17. The average molecular weight is 302 g/mol. The van der Waals surface area contributed by atoms with E-state index in [1.165, 1.54) is 12.4 Å². The van der Waals surface area contributed by atoms with E-state index in [0.29, 0.717) is 5.56 Å². The van der Waals surface area contributed by atoms with E-state index in [1.54, 1.807) is 19.1 Å². The fourth-order valence-corrected chi connectivity index (χ4v) is 2.99. The first-order chi connectivity index (χ1) is 10.0. The smallest absolute Gasteiger partial charge is 0.253 e. The Bertz CT molecular complexity index is 914. The molecule has 0 atom stereocenters. The van der Waals surface area contributed by atoms with Gasteiger partial charge in [0.2, 0.25) is 0 Å². The van der Waals surface area contributed by atoms with Crippen molar-refractivity contribution in [2.45, 2.75) is 6.92 Å². The van der Waals surface area contributed by atoms with Crippen LogP contribution in [0.3, 0.4) is 0 Å². The van der Waals surface area contributed by atoms with E-state index in [-0.39, 0.29) is 11.5 Å². The molecule has 0 aliphatic carbocycles. The number of phenolic OH excluding ortho intramolecular Hbond substituents is 1. The van der Waals surface area contributed by atoms with Gasteiger partial charge in [0.25, 0.3) is 10.0 Å². The van der Waals surface area contributed by atoms with Crippen LogP contribution in [0.1, 0.15) is 6.92 Å². The van der Waals surface area contributed by atoms with E-state index in [4.69, 9.17) is 0 Å². The lowest BCUT2D eigenvalue weighted by atomic mass is 10.00. The number of phenols is 1. The number of benzene rings is 2. The van der Waals surface area contributed by atoms with Crippen LogP contribution in [-0.4, -0.2) is 28.5 Å². The molecule has 3 rings (SSSR count). The molecule has 108 valence electrons. The molecule has 1 heterocycles. The lowest BCUT2D eigenvalue weighted by Crippen LogP contribution is -2.14. The number of nitrogens with zero attached hydrogens (tertiary/aromatic N) is 2. The van der Waals surface area contributed by atoms with Crippen LogP contribution in [0, 0.1) is 0 Å². The van der Waals surface area contributed by atoms with Crippen molar-refractivity contribution in [2.75, 3.05) is 5.75 Å². The number of hydrogen-bond donors (Lipinski definition) is 1. The van der Waals surface area contributed by atoms with Crippen LogP contribution in [-0.2, 0) is 10.0 Å². The van der Waals surface area contributed by atoms with E-state index in [2.05, 4.69) is 5.10 Å². The highest BCUT2D eigenvalue weighted by molar-refractivity contribution is 7.89. The summed E-state index contributed by atoms with van der Waals surface area (Å²) in [5.41, 5.74) is 1.53. The summed E-state index contributed by atoms with van der Waals surface area (Å²) in [6.45, 7) is 1.58. The number of fused-ring (bicyclic) bond motifs is 1. The first kappa shape index (κ1) is 13.6. The van der Waals surface area contributed by atoms with Gasteiger partial charge >= 0.3 is 0 Å². The molecule has 0 saturated heterocycles. The molecular weight excluding hydrogens is 288 g/mol. The molecule has 1 aromatic heterocycles. The molecule has 2 aromatic carbocycles. The molecule has 0 radical (unpaired) electrons. The van der Waals surface area contributed by atoms with Crippen LogP contribution in [0.25, 0.3) is 21.9 Å². The maximum atomic E-state index is 11.8. The van der Waals surface area contributed by atoms with E-state index in [0.717, 1.165) is 20.4 Å². The number of hydrogen-bond acceptors (Lipinski definition) is 4. The van der Waals surface area contributed by atoms with E-state index in [9.17, 15) is 13.5 Å². The minimum Gasteiger partial charge on any atom is -0.507 e. The maximum absolute atomic E-state index is 11.8. The Morgan fingerprint density at radius 1 is 1.14 bits per heavy atom. The number of aromatic nitrogens is 2. The minimum absolute atomic E-state index is 0.00948. The van der Waals surface area contributed by atoms with Gasteiger partial charge in [0.05, 0.1) is 18.1 Å². The molecule has 0 saturated carbocycles. The summed E-state index contributed by atoms with van der Waals surface area (Å²) in [7, 11) is -3.39. The largest absolute Gasteiger partial charge is 0.507 e. The summed E-state index contributed by atoms with van der Waals surface area (Å²) in [4.78, 5) is 0.